The lowest BCUT2D eigenvalue weighted by Crippen LogP contribution is -2.36. The van der Waals surface area contributed by atoms with E-state index in [1.54, 1.807) is 7.11 Å². The molecule has 1 aliphatic heterocycles. The third kappa shape index (κ3) is 5.34. The van der Waals surface area contributed by atoms with E-state index in [4.69, 9.17) is 4.74 Å². The summed E-state index contributed by atoms with van der Waals surface area (Å²) in [5, 5.41) is 2.38. The first-order chi connectivity index (χ1) is 7.01. The van der Waals surface area contributed by atoms with Crippen molar-refractivity contribution in [3.63, 3.8) is 0 Å². The number of likely N-dealkylation sites (tertiary alicyclic amines) is 1. The fraction of sp³-hybridized carbons (Fsp3) is 1.00. The van der Waals surface area contributed by atoms with Crippen LogP contribution in [0.4, 0.5) is 13.2 Å². The molecule has 0 radical (unpaired) electrons. The van der Waals surface area contributed by atoms with Crippen LogP contribution in [0.15, 0.2) is 0 Å². The number of rotatable bonds is 5. The molecule has 0 aliphatic carbocycles. The van der Waals surface area contributed by atoms with Crippen LogP contribution >= 0.6 is 0 Å². The molecule has 0 bridgehead atoms. The van der Waals surface area contributed by atoms with Gasteiger partial charge in [-0.3, -0.25) is 4.90 Å². The van der Waals surface area contributed by atoms with E-state index in [9.17, 15) is 13.2 Å². The van der Waals surface area contributed by atoms with Crippen molar-refractivity contribution in [2.45, 2.75) is 18.7 Å². The lowest BCUT2D eigenvalue weighted by molar-refractivity contribution is -0.124. The number of methoxy groups -OCH3 is 1. The summed E-state index contributed by atoms with van der Waals surface area (Å²) in [6, 6.07) is 0. The van der Waals surface area contributed by atoms with Crippen LogP contribution in [-0.2, 0) is 4.74 Å². The molecule has 0 aromatic carbocycles. The Morgan fingerprint density at radius 3 is 2.73 bits per heavy atom. The van der Waals surface area contributed by atoms with Crippen LogP contribution < -0.4 is 5.32 Å². The van der Waals surface area contributed by atoms with Crippen molar-refractivity contribution in [1.29, 1.82) is 0 Å². The molecule has 6 heteroatoms. The molecule has 1 rings (SSSR count). The monoisotopic (exact) mass is 226 g/mol. The normalized spacial score (nSPS) is 23.6. The minimum Gasteiger partial charge on any atom is -0.380 e. The summed E-state index contributed by atoms with van der Waals surface area (Å²) in [6.07, 6.45) is -2.90. The third-order valence-corrected chi connectivity index (χ3v) is 2.49. The standard InChI is InChI=1S/C9H17F3N2O/c1-15-8-2-4-14(6-8)5-3-13-7-9(10,11)12/h8,13H,2-7H2,1H3. The minimum absolute atomic E-state index is 0.243. The fourth-order valence-corrected chi connectivity index (χ4v) is 1.66. The van der Waals surface area contributed by atoms with Crippen LogP contribution in [0.1, 0.15) is 6.42 Å². The van der Waals surface area contributed by atoms with Crippen LogP contribution in [0.5, 0.6) is 0 Å². The van der Waals surface area contributed by atoms with Crippen molar-refractivity contribution in [3.8, 4) is 0 Å². The third-order valence-electron chi connectivity index (χ3n) is 2.49. The smallest absolute Gasteiger partial charge is 0.380 e. The largest absolute Gasteiger partial charge is 0.401 e. The molecule has 1 aliphatic rings. The van der Waals surface area contributed by atoms with Gasteiger partial charge in [-0.2, -0.15) is 13.2 Å². The predicted octanol–water partition coefficient (Wildman–Crippen LogP) is 0.859. The zero-order valence-corrected chi connectivity index (χ0v) is 8.81. The van der Waals surface area contributed by atoms with Gasteiger partial charge in [-0.25, -0.2) is 0 Å². The molecule has 0 saturated carbocycles. The topological polar surface area (TPSA) is 24.5 Å². The predicted molar refractivity (Wildman–Crippen MR) is 50.8 cm³/mol. The van der Waals surface area contributed by atoms with Crippen LogP contribution in [0.2, 0.25) is 0 Å². The van der Waals surface area contributed by atoms with Crippen LogP contribution in [0.25, 0.3) is 0 Å². The van der Waals surface area contributed by atoms with E-state index in [0.717, 1.165) is 19.5 Å². The van der Waals surface area contributed by atoms with Gasteiger partial charge in [-0.1, -0.05) is 0 Å². The van der Waals surface area contributed by atoms with Gasteiger partial charge >= 0.3 is 6.18 Å². The molecule has 1 fully saturated rings. The highest BCUT2D eigenvalue weighted by Crippen LogP contribution is 2.12. The molecule has 0 amide bonds. The van der Waals surface area contributed by atoms with Crippen molar-refractivity contribution in [2.75, 3.05) is 39.8 Å². The van der Waals surface area contributed by atoms with E-state index < -0.39 is 12.7 Å². The highest BCUT2D eigenvalue weighted by molar-refractivity contribution is 4.76. The van der Waals surface area contributed by atoms with E-state index in [1.807, 2.05) is 0 Å². The summed E-state index contributed by atoms with van der Waals surface area (Å²) in [5.74, 6) is 0. The lowest BCUT2D eigenvalue weighted by atomic mass is 10.3. The second kappa shape index (κ2) is 5.67. The zero-order chi connectivity index (χ0) is 11.3. The molecule has 0 spiro atoms. The summed E-state index contributed by atoms with van der Waals surface area (Å²) < 4.78 is 40.5. The second-order valence-electron chi connectivity index (χ2n) is 3.74. The number of hydrogen-bond acceptors (Lipinski definition) is 3. The Bertz CT molecular complexity index is 187. The average molecular weight is 226 g/mol. The Kier molecular flexibility index (Phi) is 4.82. The summed E-state index contributed by atoms with van der Waals surface area (Å²) >= 11 is 0. The van der Waals surface area contributed by atoms with E-state index in [-0.39, 0.29) is 6.10 Å². The number of alkyl halides is 3. The SMILES string of the molecule is COC1CCN(CCNCC(F)(F)F)C1. The maximum absolute atomic E-state index is 11.8. The van der Waals surface area contributed by atoms with Crippen LogP contribution in [-0.4, -0.2) is 57.0 Å². The van der Waals surface area contributed by atoms with Crippen molar-refractivity contribution >= 4 is 0 Å². The minimum atomic E-state index is -4.11. The Labute approximate surface area is 87.6 Å². The lowest BCUT2D eigenvalue weighted by Gasteiger charge is -2.16. The number of nitrogens with one attached hydrogen (secondary N) is 1. The highest BCUT2D eigenvalue weighted by atomic mass is 19.4. The molecule has 1 N–H and O–H groups in total. The summed E-state index contributed by atoms with van der Waals surface area (Å²) in [6.45, 7) is 1.84. The summed E-state index contributed by atoms with van der Waals surface area (Å²) in [5.41, 5.74) is 0. The van der Waals surface area contributed by atoms with Gasteiger partial charge in [0.25, 0.3) is 0 Å². The molecule has 3 nitrogen and oxygen atoms in total. The number of ether oxygens (including phenoxy) is 1. The van der Waals surface area contributed by atoms with Crippen molar-refractivity contribution in [1.82, 2.24) is 10.2 Å². The van der Waals surface area contributed by atoms with E-state index in [2.05, 4.69) is 10.2 Å². The Morgan fingerprint density at radius 1 is 1.47 bits per heavy atom. The Morgan fingerprint density at radius 2 is 2.20 bits per heavy atom. The van der Waals surface area contributed by atoms with E-state index in [1.165, 1.54) is 0 Å². The summed E-state index contributed by atoms with van der Waals surface area (Å²) in [4.78, 5) is 2.11. The first-order valence-corrected chi connectivity index (χ1v) is 5.04. The molecular weight excluding hydrogens is 209 g/mol. The van der Waals surface area contributed by atoms with Crippen LogP contribution in [0, 0.1) is 0 Å². The molecule has 90 valence electrons. The van der Waals surface area contributed by atoms with Gasteiger partial charge in [0.05, 0.1) is 12.6 Å². The Balaban J connectivity index is 2.02. The van der Waals surface area contributed by atoms with Crippen molar-refractivity contribution < 1.29 is 17.9 Å². The van der Waals surface area contributed by atoms with Crippen molar-refractivity contribution in [3.05, 3.63) is 0 Å². The second-order valence-corrected chi connectivity index (χ2v) is 3.74. The van der Waals surface area contributed by atoms with Gasteiger partial charge < -0.3 is 10.1 Å². The Hall–Kier alpha value is -0.330. The molecule has 1 heterocycles. The molecule has 0 aromatic heterocycles. The van der Waals surface area contributed by atoms with Gasteiger partial charge in [0.2, 0.25) is 0 Å². The van der Waals surface area contributed by atoms with Gasteiger partial charge in [0, 0.05) is 33.3 Å². The summed E-state index contributed by atoms with van der Waals surface area (Å²) in [7, 11) is 1.66. The van der Waals surface area contributed by atoms with E-state index >= 15 is 0 Å². The maximum Gasteiger partial charge on any atom is 0.401 e. The fourth-order valence-electron chi connectivity index (χ4n) is 1.66. The highest BCUT2D eigenvalue weighted by Gasteiger charge is 2.26. The molecule has 1 atom stereocenters. The quantitative estimate of drug-likeness (QED) is 0.704. The number of hydrogen-bond donors (Lipinski definition) is 1. The van der Waals surface area contributed by atoms with Gasteiger partial charge in [0.15, 0.2) is 0 Å². The molecular formula is C9H17F3N2O. The van der Waals surface area contributed by atoms with Gasteiger partial charge in [-0.15, -0.1) is 0 Å². The zero-order valence-electron chi connectivity index (χ0n) is 8.81. The van der Waals surface area contributed by atoms with E-state index in [0.29, 0.717) is 13.1 Å². The first kappa shape index (κ1) is 12.7. The molecule has 1 unspecified atom stereocenters. The van der Waals surface area contributed by atoms with Gasteiger partial charge in [0.1, 0.15) is 0 Å². The molecule has 1 saturated heterocycles. The first-order valence-electron chi connectivity index (χ1n) is 5.04. The molecule has 15 heavy (non-hydrogen) atoms. The van der Waals surface area contributed by atoms with Crippen LogP contribution in [0.3, 0.4) is 0 Å². The maximum atomic E-state index is 11.8. The average Bonchev–Trinajstić information content (AvgIpc) is 2.59. The van der Waals surface area contributed by atoms with Gasteiger partial charge in [-0.05, 0) is 6.42 Å². The number of nitrogens with zero attached hydrogens (tertiary/aromatic N) is 1. The molecule has 0 aromatic rings. The van der Waals surface area contributed by atoms with Crippen molar-refractivity contribution in [2.24, 2.45) is 0 Å². The number of halogens is 3.